The Hall–Kier alpha value is -0.229. The SMILES string of the molecule is CC(=O)c1c[c-]c(C#C[Si](C)(C)C)cc1.[Y]. The zero-order valence-corrected chi connectivity index (χ0v) is 14.1. The molecule has 0 saturated carbocycles. The van der Waals surface area contributed by atoms with Crippen molar-refractivity contribution >= 4 is 13.9 Å². The first kappa shape index (κ1) is 15.8. The van der Waals surface area contributed by atoms with E-state index in [9.17, 15) is 4.79 Å². The summed E-state index contributed by atoms with van der Waals surface area (Å²) in [6.45, 7) is 8.15. The Morgan fingerprint density at radius 1 is 1.31 bits per heavy atom. The van der Waals surface area contributed by atoms with Gasteiger partial charge in [0.25, 0.3) is 0 Å². The number of ketones is 1. The van der Waals surface area contributed by atoms with E-state index in [1.54, 1.807) is 19.1 Å². The van der Waals surface area contributed by atoms with E-state index in [2.05, 4.69) is 37.2 Å². The van der Waals surface area contributed by atoms with Gasteiger partial charge in [0.15, 0.2) is 0 Å². The molecule has 0 N–H and O–H groups in total. The number of rotatable bonds is 1. The van der Waals surface area contributed by atoms with Gasteiger partial charge in [-0.15, -0.1) is 29.8 Å². The fourth-order valence-electron chi connectivity index (χ4n) is 0.976. The van der Waals surface area contributed by atoms with Crippen molar-refractivity contribution in [1.82, 2.24) is 0 Å². The number of hydrogen-bond donors (Lipinski definition) is 0. The fourth-order valence-corrected chi connectivity index (χ4v) is 1.49. The predicted octanol–water partition coefficient (Wildman–Crippen LogP) is 2.92. The first-order chi connectivity index (χ1) is 6.88. The van der Waals surface area contributed by atoms with Crippen molar-refractivity contribution in [3.05, 3.63) is 35.4 Å². The number of benzene rings is 1. The van der Waals surface area contributed by atoms with Crippen LogP contribution in [0.4, 0.5) is 0 Å². The third kappa shape index (κ3) is 5.75. The number of Topliss-reactive ketones (excluding diaryl/α,β-unsaturated/α-hetero) is 1. The van der Waals surface area contributed by atoms with E-state index in [-0.39, 0.29) is 38.5 Å². The molecule has 16 heavy (non-hydrogen) atoms. The molecule has 0 heterocycles. The minimum atomic E-state index is -1.32. The molecule has 0 aliphatic heterocycles. The minimum Gasteiger partial charge on any atom is -0.306 e. The van der Waals surface area contributed by atoms with Gasteiger partial charge in [-0.1, -0.05) is 25.2 Å². The minimum absolute atomic E-state index is 0. The van der Waals surface area contributed by atoms with Crippen molar-refractivity contribution in [2.75, 3.05) is 0 Å². The van der Waals surface area contributed by atoms with Crippen molar-refractivity contribution < 1.29 is 37.5 Å². The maximum absolute atomic E-state index is 11.0. The van der Waals surface area contributed by atoms with Crippen LogP contribution >= 0.6 is 0 Å². The summed E-state index contributed by atoms with van der Waals surface area (Å²) in [6, 6.07) is 8.37. The Bertz CT molecular complexity index is 418. The molecular formula is C13H15OSiY-. The Labute approximate surface area is 124 Å². The smallest absolute Gasteiger partial charge is 0.119 e. The molecule has 1 aromatic carbocycles. The summed E-state index contributed by atoms with van der Waals surface area (Å²) in [5, 5.41) is 0. The first-order valence-electron chi connectivity index (χ1n) is 4.94. The molecule has 1 nitrogen and oxygen atoms in total. The van der Waals surface area contributed by atoms with Crippen LogP contribution in [0, 0.1) is 17.5 Å². The van der Waals surface area contributed by atoms with E-state index in [0.717, 1.165) is 5.56 Å². The van der Waals surface area contributed by atoms with Gasteiger partial charge >= 0.3 is 0 Å². The predicted molar refractivity (Wildman–Crippen MR) is 65.5 cm³/mol. The van der Waals surface area contributed by atoms with Gasteiger partial charge in [-0.3, -0.25) is 0 Å². The summed E-state index contributed by atoms with van der Waals surface area (Å²) in [5.74, 6) is 3.16. The van der Waals surface area contributed by atoms with Crippen LogP contribution in [0.1, 0.15) is 22.8 Å². The van der Waals surface area contributed by atoms with Gasteiger partial charge in [0.2, 0.25) is 0 Å². The van der Waals surface area contributed by atoms with Crippen molar-refractivity contribution in [2.45, 2.75) is 26.6 Å². The topological polar surface area (TPSA) is 17.1 Å². The Morgan fingerprint density at radius 2 is 1.94 bits per heavy atom. The molecule has 0 fully saturated rings. The normalized spacial score (nSPS) is 9.75. The molecule has 0 unspecified atom stereocenters. The molecule has 1 rings (SSSR count). The molecule has 0 atom stereocenters. The van der Waals surface area contributed by atoms with Crippen LogP contribution in [-0.2, 0) is 32.7 Å². The summed E-state index contributed by atoms with van der Waals surface area (Å²) < 4.78 is 0. The molecule has 1 aromatic rings. The average Bonchev–Trinajstić information content (AvgIpc) is 2.14. The quantitative estimate of drug-likeness (QED) is 0.337. The molecule has 1 radical (unpaired) electrons. The van der Waals surface area contributed by atoms with E-state index in [0.29, 0.717) is 5.56 Å². The fraction of sp³-hybridized carbons (Fsp3) is 0.308. The van der Waals surface area contributed by atoms with Crippen molar-refractivity contribution in [3.8, 4) is 11.5 Å². The monoisotopic (exact) mass is 304 g/mol. The molecule has 0 aliphatic rings. The van der Waals surface area contributed by atoms with E-state index in [4.69, 9.17) is 0 Å². The average molecular weight is 304 g/mol. The van der Waals surface area contributed by atoms with Crippen LogP contribution in [-0.4, -0.2) is 13.9 Å². The van der Waals surface area contributed by atoms with Gasteiger partial charge in [-0.25, -0.2) is 0 Å². The first-order valence-corrected chi connectivity index (χ1v) is 8.44. The third-order valence-corrected chi connectivity index (χ3v) is 2.67. The van der Waals surface area contributed by atoms with E-state index < -0.39 is 8.07 Å². The van der Waals surface area contributed by atoms with Gasteiger partial charge in [-0.05, 0) is 6.92 Å². The van der Waals surface area contributed by atoms with E-state index in [1.165, 1.54) is 0 Å². The molecule has 0 bridgehead atoms. The summed E-state index contributed by atoms with van der Waals surface area (Å²) >= 11 is 0. The molecule has 0 aliphatic carbocycles. The molecule has 0 saturated heterocycles. The molecule has 81 valence electrons. The number of carbonyl (C=O) groups excluding carboxylic acids is 1. The molecular weight excluding hydrogens is 289 g/mol. The maximum atomic E-state index is 11.0. The van der Waals surface area contributed by atoms with E-state index >= 15 is 0 Å². The molecule has 0 amide bonds. The second-order valence-electron chi connectivity index (χ2n) is 4.55. The standard InChI is InChI=1S/C13H15OSi.Y/c1-11(14)13-7-5-12(6-8-13)9-10-15(2,3)4;/h5,7-8H,1-4H3;/q-1;. The Morgan fingerprint density at radius 3 is 2.31 bits per heavy atom. The third-order valence-electron chi connectivity index (χ3n) is 1.79. The van der Waals surface area contributed by atoms with Gasteiger partial charge < -0.3 is 4.79 Å². The van der Waals surface area contributed by atoms with Gasteiger partial charge in [0, 0.05) is 32.7 Å². The second kappa shape index (κ2) is 6.49. The maximum Gasteiger partial charge on any atom is 0.119 e. The number of carbonyl (C=O) groups is 1. The largest absolute Gasteiger partial charge is 0.306 e. The zero-order valence-electron chi connectivity index (χ0n) is 10.2. The summed E-state index contributed by atoms with van der Waals surface area (Å²) in [4.78, 5) is 11.0. The van der Waals surface area contributed by atoms with Crippen molar-refractivity contribution in [3.63, 3.8) is 0 Å². The molecule has 0 spiro atoms. The molecule has 3 heteroatoms. The van der Waals surface area contributed by atoms with Gasteiger partial charge in [-0.2, -0.15) is 11.5 Å². The van der Waals surface area contributed by atoms with Crippen LogP contribution < -0.4 is 0 Å². The van der Waals surface area contributed by atoms with Gasteiger partial charge in [0.05, 0.1) is 0 Å². The summed E-state index contributed by atoms with van der Waals surface area (Å²) in [6.07, 6.45) is 0. The van der Waals surface area contributed by atoms with Crippen LogP contribution in [0.5, 0.6) is 0 Å². The van der Waals surface area contributed by atoms with Crippen LogP contribution in [0.2, 0.25) is 19.6 Å². The van der Waals surface area contributed by atoms with Crippen molar-refractivity contribution in [2.24, 2.45) is 0 Å². The number of hydrogen-bond acceptors (Lipinski definition) is 1. The van der Waals surface area contributed by atoms with Crippen LogP contribution in [0.3, 0.4) is 0 Å². The second-order valence-corrected chi connectivity index (χ2v) is 9.30. The zero-order chi connectivity index (χ0) is 11.5. The van der Waals surface area contributed by atoms with Crippen LogP contribution in [0.15, 0.2) is 18.2 Å². The Kier molecular flexibility index (Phi) is 6.40. The summed E-state index contributed by atoms with van der Waals surface area (Å²) in [7, 11) is -1.32. The van der Waals surface area contributed by atoms with Crippen LogP contribution in [0.25, 0.3) is 0 Å². The van der Waals surface area contributed by atoms with Gasteiger partial charge in [0.1, 0.15) is 13.9 Å². The Balaban J connectivity index is 0.00000225. The van der Waals surface area contributed by atoms with E-state index in [1.807, 2.05) is 6.07 Å². The summed E-state index contributed by atoms with van der Waals surface area (Å²) in [5.41, 5.74) is 4.81. The molecule has 0 aromatic heterocycles. The van der Waals surface area contributed by atoms with Crippen molar-refractivity contribution in [1.29, 1.82) is 0 Å².